The van der Waals surface area contributed by atoms with Crippen LogP contribution < -0.4 is 4.90 Å². The van der Waals surface area contributed by atoms with Crippen molar-refractivity contribution >= 4 is 11.4 Å². The van der Waals surface area contributed by atoms with Gasteiger partial charge in [0.25, 0.3) is 5.69 Å². The zero-order valence-electron chi connectivity index (χ0n) is 9.41. The number of rotatable bonds is 2. The standard InChI is InChI=1S/C11H14N2O4/c1-7-2-3-8(9(4-7)13(16)17)12-5-10(14)11(15)6-12/h2-4,10-11,14-15H,5-6H2,1H3. The van der Waals surface area contributed by atoms with E-state index in [2.05, 4.69) is 0 Å². The number of anilines is 1. The fourth-order valence-corrected chi connectivity index (χ4v) is 2.01. The summed E-state index contributed by atoms with van der Waals surface area (Å²) >= 11 is 0. The summed E-state index contributed by atoms with van der Waals surface area (Å²) in [7, 11) is 0. The van der Waals surface area contributed by atoms with E-state index in [1.807, 2.05) is 0 Å². The number of nitrogens with zero attached hydrogens (tertiary/aromatic N) is 2. The topological polar surface area (TPSA) is 86.8 Å². The molecule has 1 saturated heterocycles. The number of nitro groups is 1. The van der Waals surface area contributed by atoms with E-state index in [4.69, 9.17) is 0 Å². The van der Waals surface area contributed by atoms with Crippen LogP contribution in [0.25, 0.3) is 0 Å². The molecule has 0 aliphatic carbocycles. The Kier molecular flexibility index (Phi) is 2.99. The first-order valence-electron chi connectivity index (χ1n) is 5.35. The average Bonchev–Trinajstić information content (AvgIpc) is 2.59. The number of β-amino-alcohol motifs (C(OH)–C–C–N with tert-alkyl or cyclic N) is 2. The summed E-state index contributed by atoms with van der Waals surface area (Å²) in [5, 5.41) is 29.9. The van der Waals surface area contributed by atoms with Crippen molar-refractivity contribution in [3.05, 3.63) is 33.9 Å². The van der Waals surface area contributed by atoms with Crippen molar-refractivity contribution in [2.45, 2.75) is 19.1 Å². The lowest BCUT2D eigenvalue weighted by Gasteiger charge is -2.17. The molecule has 6 heteroatoms. The summed E-state index contributed by atoms with van der Waals surface area (Å²) in [5.41, 5.74) is 1.25. The van der Waals surface area contributed by atoms with Gasteiger partial charge in [-0.25, -0.2) is 0 Å². The highest BCUT2D eigenvalue weighted by Gasteiger charge is 2.32. The maximum absolute atomic E-state index is 10.9. The monoisotopic (exact) mass is 238 g/mol. The molecule has 0 amide bonds. The van der Waals surface area contributed by atoms with Gasteiger partial charge in [-0.1, -0.05) is 6.07 Å². The van der Waals surface area contributed by atoms with Gasteiger partial charge in [-0.15, -0.1) is 0 Å². The van der Waals surface area contributed by atoms with Crippen molar-refractivity contribution < 1.29 is 15.1 Å². The molecular weight excluding hydrogens is 224 g/mol. The van der Waals surface area contributed by atoms with Crippen LogP contribution in [0.2, 0.25) is 0 Å². The summed E-state index contributed by atoms with van der Waals surface area (Å²) in [4.78, 5) is 12.1. The number of hydrogen-bond donors (Lipinski definition) is 2. The Bertz CT molecular complexity index is 439. The van der Waals surface area contributed by atoms with Crippen LogP contribution in [0.3, 0.4) is 0 Å². The molecule has 1 aliphatic rings. The van der Waals surface area contributed by atoms with Gasteiger partial charge in [0, 0.05) is 19.2 Å². The number of hydrogen-bond acceptors (Lipinski definition) is 5. The first-order chi connectivity index (χ1) is 7.99. The third kappa shape index (κ3) is 2.22. The van der Waals surface area contributed by atoms with Gasteiger partial charge < -0.3 is 15.1 Å². The number of nitro benzene ring substituents is 1. The molecule has 2 N–H and O–H groups in total. The van der Waals surface area contributed by atoms with Gasteiger partial charge in [0.15, 0.2) is 0 Å². The van der Waals surface area contributed by atoms with E-state index in [9.17, 15) is 20.3 Å². The van der Waals surface area contributed by atoms with Crippen LogP contribution in [-0.2, 0) is 0 Å². The summed E-state index contributed by atoms with van der Waals surface area (Å²) < 4.78 is 0. The molecule has 0 saturated carbocycles. The van der Waals surface area contributed by atoms with Crippen LogP contribution in [0, 0.1) is 17.0 Å². The molecule has 0 radical (unpaired) electrons. The van der Waals surface area contributed by atoms with Crippen LogP contribution in [0.5, 0.6) is 0 Å². The van der Waals surface area contributed by atoms with E-state index < -0.39 is 17.1 Å². The predicted molar refractivity (Wildman–Crippen MR) is 62.1 cm³/mol. The van der Waals surface area contributed by atoms with E-state index in [0.29, 0.717) is 5.69 Å². The first kappa shape index (κ1) is 11.8. The predicted octanol–water partition coefficient (Wildman–Crippen LogP) is 0.445. The second-order valence-electron chi connectivity index (χ2n) is 4.29. The lowest BCUT2D eigenvalue weighted by Crippen LogP contribution is -2.22. The fourth-order valence-electron chi connectivity index (χ4n) is 2.01. The fraction of sp³-hybridized carbons (Fsp3) is 0.455. The first-order valence-corrected chi connectivity index (χ1v) is 5.35. The molecule has 2 rings (SSSR count). The maximum atomic E-state index is 10.9. The number of benzene rings is 1. The Morgan fingerprint density at radius 3 is 2.47 bits per heavy atom. The maximum Gasteiger partial charge on any atom is 0.292 e. The molecule has 92 valence electrons. The minimum Gasteiger partial charge on any atom is -0.389 e. The molecule has 0 aromatic heterocycles. The van der Waals surface area contributed by atoms with Crippen LogP contribution in [0.15, 0.2) is 18.2 Å². The molecule has 1 aromatic rings. The van der Waals surface area contributed by atoms with E-state index in [1.54, 1.807) is 24.0 Å². The van der Waals surface area contributed by atoms with Gasteiger partial charge >= 0.3 is 0 Å². The molecule has 17 heavy (non-hydrogen) atoms. The van der Waals surface area contributed by atoms with Gasteiger partial charge in [-0.05, 0) is 18.6 Å². The summed E-state index contributed by atoms with van der Waals surface area (Å²) in [6.45, 7) is 2.21. The second-order valence-corrected chi connectivity index (χ2v) is 4.29. The molecular formula is C11H14N2O4. The highest BCUT2D eigenvalue weighted by atomic mass is 16.6. The van der Waals surface area contributed by atoms with Crippen LogP contribution in [0.1, 0.15) is 5.56 Å². The smallest absolute Gasteiger partial charge is 0.292 e. The minimum absolute atomic E-state index is 0.00583. The molecule has 1 heterocycles. The van der Waals surface area contributed by atoms with Crippen LogP contribution >= 0.6 is 0 Å². The quantitative estimate of drug-likeness (QED) is 0.577. The van der Waals surface area contributed by atoms with Crippen LogP contribution in [0.4, 0.5) is 11.4 Å². The number of aliphatic hydroxyl groups excluding tert-OH is 2. The Balaban J connectivity index is 2.36. The van der Waals surface area contributed by atoms with E-state index in [0.717, 1.165) is 5.56 Å². The van der Waals surface area contributed by atoms with Gasteiger partial charge in [0.1, 0.15) is 5.69 Å². The van der Waals surface area contributed by atoms with Crippen molar-refractivity contribution in [2.24, 2.45) is 0 Å². The Labute approximate surface area is 98.3 Å². The largest absolute Gasteiger partial charge is 0.389 e. The van der Waals surface area contributed by atoms with Gasteiger partial charge in [0.05, 0.1) is 17.1 Å². The zero-order chi connectivity index (χ0) is 12.6. The Hall–Kier alpha value is -1.66. The molecule has 1 fully saturated rings. The average molecular weight is 238 g/mol. The number of aliphatic hydroxyl groups is 2. The van der Waals surface area contributed by atoms with Crippen molar-refractivity contribution in [1.82, 2.24) is 0 Å². The van der Waals surface area contributed by atoms with Gasteiger partial charge in [-0.3, -0.25) is 10.1 Å². The lowest BCUT2D eigenvalue weighted by molar-refractivity contribution is -0.384. The van der Waals surface area contributed by atoms with E-state index in [-0.39, 0.29) is 18.8 Å². The Morgan fingerprint density at radius 1 is 1.35 bits per heavy atom. The normalized spacial score (nSPS) is 24.1. The minimum atomic E-state index is -0.851. The second kappa shape index (κ2) is 4.31. The molecule has 2 atom stereocenters. The molecule has 2 unspecified atom stereocenters. The molecule has 1 aliphatic heterocycles. The van der Waals surface area contributed by atoms with Crippen LogP contribution in [-0.4, -0.2) is 40.4 Å². The summed E-state index contributed by atoms with van der Waals surface area (Å²) in [5.74, 6) is 0. The van der Waals surface area contributed by atoms with Gasteiger partial charge in [-0.2, -0.15) is 0 Å². The highest BCUT2D eigenvalue weighted by Crippen LogP contribution is 2.31. The van der Waals surface area contributed by atoms with Gasteiger partial charge in [0.2, 0.25) is 0 Å². The van der Waals surface area contributed by atoms with Crippen molar-refractivity contribution in [3.63, 3.8) is 0 Å². The van der Waals surface area contributed by atoms with E-state index in [1.165, 1.54) is 6.07 Å². The SMILES string of the molecule is Cc1ccc(N2CC(O)C(O)C2)c([N+](=O)[O-])c1. The summed E-state index contributed by atoms with van der Waals surface area (Å²) in [6.07, 6.45) is -1.70. The lowest BCUT2D eigenvalue weighted by atomic mass is 10.2. The molecule has 0 bridgehead atoms. The zero-order valence-corrected chi connectivity index (χ0v) is 9.41. The number of aryl methyl sites for hydroxylation is 1. The van der Waals surface area contributed by atoms with Crippen molar-refractivity contribution in [1.29, 1.82) is 0 Å². The highest BCUT2D eigenvalue weighted by molar-refractivity contribution is 5.65. The Morgan fingerprint density at radius 2 is 1.94 bits per heavy atom. The molecule has 1 aromatic carbocycles. The molecule has 6 nitrogen and oxygen atoms in total. The van der Waals surface area contributed by atoms with Crippen molar-refractivity contribution in [3.8, 4) is 0 Å². The van der Waals surface area contributed by atoms with Crippen molar-refractivity contribution in [2.75, 3.05) is 18.0 Å². The molecule has 0 spiro atoms. The third-order valence-corrected chi connectivity index (χ3v) is 2.93. The van der Waals surface area contributed by atoms with E-state index >= 15 is 0 Å². The third-order valence-electron chi connectivity index (χ3n) is 2.93. The summed E-state index contributed by atoms with van der Waals surface area (Å²) in [6, 6.07) is 4.92.